The Labute approximate surface area is 120 Å². The second-order valence-corrected chi connectivity index (χ2v) is 6.26. The molecule has 0 atom stereocenters. The van der Waals surface area contributed by atoms with Gasteiger partial charge >= 0.3 is 7.60 Å². The van der Waals surface area contributed by atoms with Crippen LogP contribution in [0.15, 0.2) is 24.3 Å². The average molecular weight is 299 g/mol. The molecule has 0 aliphatic carbocycles. The molecular formula is C14H22NO4P. The molecular weight excluding hydrogens is 277 g/mol. The summed E-state index contributed by atoms with van der Waals surface area (Å²) in [4.78, 5) is 11.3. The number of benzene rings is 1. The van der Waals surface area contributed by atoms with Crippen LogP contribution < -0.4 is 5.32 Å². The molecule has 6 heteroatoms. The fourth-order valence-electron chi connectivity index (χ4n) is 1.69. The molecule has 1 rings (SSSR count). The fourth-order valence-corrected chi connectivity index (χ4v) is 3.39. The van der Waals surface area contributed by atoms with E-state index in [1.54, 1.807) is 32.9 Å². The summed E-state index contributed by atoms with van der Waals surface area (Å²) in [5.74, 6) is -0.0351. The van der Waals surface area contributed by atoms with E-state index in [-0.39, 0.29) is 12.1 Å². The second kappa shape index (κ2) is 8.20. The van der Waals surface area contributed by atoms with Gasteiger partial charge in [0.05, 0.1) is 19.4 Å². The minimum absolute atomic E-state index is 0.0351. The molecule has 0 saturated carbocycles. The number of carbonyl (C=O) groups excluding carboxylic acids is 1. The first kappa shape index (κ1) is 16.9. The molecule has 0 heterocycles. The second-order valence-electron chi connectivity index (χ2n) is 4.20. The summed E-state index contributed by atoms with van der Waals surface area (Å²) in [6.07, 6.45) is 0.669. The van der Waals surface area contributed by atoms with Crippen molar-refractivity contribution in [2.45, 2.75) is 33.4 Å². The topological polar surface area (TPSA) is 64.6 Å². The zero-order valence-corrected chi connectivity index (χ0v) is 13.1. The molecule has 0 aromatic heterocycles. The minimum atomic E-state index is -3.08. The number of nitrogens with one attached hydrogen (secondary N) is 1. The number of amides is 1. The van der Waals surface area contributed by atoms with Gasteiger partial charge in [0.1, 0.15) is 0 Å². The van der Waals surface area contributed by atoms with Crippen molar-refractivity contribution in [2.75, 3.05) is 18.5 Å². The SMILES string of the molecule is CCOP(=O)(Cc1ccc(NC(=O)CC)cc1)OCC. The maximum atomic E-state index is 12.4. The average Bonchev–Trinajstić information content (AvgIpc) is 2.41. The van der Waals surface area contributed by atoms with Gasteiger partial charge in [0.15, 0.2) is 0 Å². The van der Waals surface area contributed by atoms with E-state index in [1.165, 1.54) is 0 Å². The van der Waals surface area contributed by atoms with Crippen LogP contribution in [0.25, 0.3) is 0 Å². The van der Waals surface area contributed by atoms with E-state index in [4.69, 9.17) is 9.05 Å². The first-order valence-electron chi connectivity index (χ1n) is 6.80. The molecule has 20 heavy (non-hydrogen) atoms. The zero-order chi connectivity index (χ0) is 15.0. The molecule has 0 aliphatic rings. The van der Waals surface area contributed by atoms with Crippen LogP contribution in [0.4, 0.5) is 5.69 Å². The first-order chi connectivity index (χ1) is 9.53. The summed E-state index contributed by atoms with van der Waals surface area (Å²) < 4.78 is 22.9. The number of hydrogen-bond acceptors (Lipinski definition) is 4. The molecule has 0 aliphatic heterocycles. The van der Waals surface area contributed by atoms with Gasteiger partial charge in [0.25, 0.3) is 0 Å². The van der Waals surface area contributed by atoms with E-state index < -0.39 is 7.60 Å². The highest BCUT2D eigenvalue weighted by Crippen LogP contribution is 2.51. The van der Waals surface area contributed by atoms with E-state index in [1.807, 2.05) is 12.1 Å². The summed E-state index contributed by atoms with van der Waals surface area (Å²) >= 11 is 0. The number of rotatable bonds is 8. The first-order valence-corrected chi connectivity index (χ1v) is 8.52. The van der Waals surface area contributed by atoms with Gasteiger partial charge in [-0.25, -0.2) is 0 Å². The lowest BCUT2D eigenvalue weighted by Gasteiger charge is -2.17. The molecule has 0 spiro atoms. The van der Waals surface area contributed by atoms with Crippen LogP contribution in [0.1, 0.15) is 32.8 Å². The van der Waals surface area contributed by atoms with Crippen LogP contribution >= 0.6 is 7.60 Å². The summed E-state index contributed by atoms with van der Waals surface area (Å²) in [5, 5.41) is 2.76. The van der Waals surface area contributed by atoms with Crippen LogP contribution in [0.2, 0.25) is 0 Å². The van der Waals surface area contributed by atoms with Crippen molar-refractivity contribution in [3.63, 3.8) is 0 Å². The van der Waals surface area contributed by atoms with Gasteiger partial charge in [0.2, 0.25) is 5.91 Å². The lowest BCUT2D eigenvalue weighted by molar-refractivity contribution is -0.115. The largest absolute Gasteiger partial charge is 0.335 e. The number of anilines is 1. The Kier molecular flexibility index (Phi) is 6.93. The Bertz CT molecular complexity index is 463. The molecule has 0 unspecified atom stereocenters. The standard InChI is InChI=1S/C14H22NO4P/c1-4-14(16)15-13-9-7-12(8-10-13)11-20(17,18-5-2)19-6-3/h7-10H,4-6,11H2,1-3H3,(H,15,16). The smallest absolute Gasteiger partial charge is 0.326 e. The Balaban J connectivity index is 2.72. The van der Waals surface area contributed by atoms with Crippen LogP contribution in [0.5, 0.6) is 0 Å². The van der Waals surface area contributed by atoms with Gasteiger partial charge < -0.3 is 14.4 Å². The van der Waals surface area contributed by atoms with Gasteiger partial charge in [-0.05, 0) is 31.5 Å². The highest BCUT2D eigenvalue weighted by molar-refractivity contribution is 7.53. The predicted octanol–water partition coefficient (Wildman–Crippen LogP) is 3.80. The van der Waals surface area contributed by atoms with E-state index in [0.29, 0.717) is 19.6 Å². The third-order valence-electron chi connectivity index (χ3n) is 2.59. The Morgan fingerprint density at radius 1 is 1.10 bits per heavy atom. The molecule has 1 N–H and O–H groups in total. The minimum Gasteiger partial charge on any atom is -0.326 e. The Hall–Kier alpha value is -1.16. The lowest BCUT2D eigenvalue weighted by atomic mass is 10.2. The summed E-state index contributed by atoms with van der Waals surface area (Å²) in [6, 6.07) is 7.20. The van der Waals surface area contributed by atoms with Gasteiger partial charge in [-0.15, -0.1) is 0 Å². The molecule has 112 valence electrons. The molecule has 0 saturated heterocycles. The summed E-state index contributed by atoms with van der Waals surface area (Å²) in [5.41, 5.74) is 1.58. The molecule has 5 nitrogen and oxygen atoms in total. The number of carbonyl (C=O) groups is 1. The predicted molar refractivity (Wildman–Crippen MR) is 79.9 cm³/mol. The fraction of sp³-hybridized carbons (Fsp3) is 0.500. The van der Waals surface area contributed by atoms with E-state index >= 15 is 0 Å². The monoisotopic (exact) mass is 299 g/mol. The van der Waals surface area contributed by atoms with Gasteiger partial charge in [-0.1, -0.05) is 19.1 Å². The maximum Gasteiger partial charge on any atom is 0.335 e. The Morgan fingerprint density at radius 2 is 1.65 bits per heavy atom. The van der Waals surface area contributed by atoms with Crippen molar-refractivity contribution < 1.29 is 18.4 Å². The highest BCUT2D eigenvalue weighted by Gasteiger charge is 2.23. The summed E-state index contributed by atoms with van der Waals surface area (Å²) in [6.45, 7) is 6.07. The Morgan fingerprint density at radius 3 is 2.10 bits per heavy atom. The molecule has 0 radical (unpaired) electrons. The number of hydrogen-bond donors (Lipinski definition) is 1. The van der Waals surface area contributed by atoms with Crippen molar-refractivity contribution in [1.29, 1.82) is 0 Å². The zero-order valence-electron chi connectivity index (χ0n) is 12.2. The molecule has 1 aromatic carbocycles. The molecule has 0 bridgehead atoms. The quantitative estimate of drug-likeness (QED) is 0.741. The van der Waals surface area contributed by atoms with E-state index in [9.17, 15) is 9.36 Å². The molecule has 0 fully saturated rings. The highest BCUT2D eigenvalue weighted by atomic mass is 31.2. The summed E-state index contributed by atoms with van der Waals surface area (Å²) in [7, 11) is -3.08. The van der Waals surface area contributed by atoms with Gasteiger partial charge in [0, 0.05) is 12.1 Å². The van der Waals surface area contributed by atoms with Crippen molar-refractivity contribution in [1.82, 2.24) is 0 Å². The molecule has 1 aromatic rings. The normalized spacial score (nSPS) is 11.3. The van der Waals surface area contributed by atoms with Crippen LogP contribution in [0, 0.1) is 0 Å². The van der Waals surface area contributed by atoms with Crippen molar-refractivity contribution in [3.8, 4) is 0 Å². The van der Waals surface area contributed by atoms with E-state index in [0.717, 1.165) is 11.3 Å². The van der Waals surface area contributed by atoms with Gasteiger partial charge in [-0.3, -0.25) is 9.36 Å². The lowest BCUT2D eigenvalue weighted by Crippen LogP contribution is -2.09. The third kappa shape index (κ3) is 5.45. The van der Waals surface area contributed by atoms with Crippen molar-refractivity contribution in [2.24, 2.45) is 0 Å². The van der Waals surface area contributed by atoms with Crippen molar-refractivity contribution in [3.05, 3.63) is 29.8 Å². The van der Waals surface area contributed by atoms with Crippen molar-refractivity contribution >= 4 is 19.2 Å². The van der Waals surface area contributed by atoms with Gasteiger partial charge in [-0.2, -0.15) is 0 Å². The van der Waals surface area contributed by atoms with Crippen LogP contribution in [-0.2, 0) is 24.6 Å². The third-order valence-corrected chi connectivity index (χ3v) is 4.64. The van der Waals surface area contributed by atoms with Crippen LogP contribution in [0.3, 0.4) is 0 Å². The van der Waals surface area contributed by atoms with Crippen LogP contribution in [-0.4, -0.2) is 19.1 Å². The maximum absolute atomic E-state index is 12.4. The molecule has 1 amide bonds. The van der Waals surface area contributed by atoms with E-state index in [2.05, 4.69) is 5.32 Å².